The molecule has 1 aliphatic carbocycles. The number of aryl methyl sites for hydroxylation is 3. The molecule has 2 rings (SSSR count). The lowest BCUT2D eigenvalue weighted by atomic mass is 9.86. The van der Waals surface area contributed by atoms with Gasteiger partial charge in [-0.25, -0.2) is 0 Å². The average Bonchev–Trinajstić information content (AvgIpc) is 2.73. The van der Waals surface area contributed by atoms with Gasteiger partial charge in [0.25, 0.3) is 0 Å². The fraction of sp³-hybridized carbons (Fsp3) is 0.550. The van der Waals surface area contributed by atoms with Crippen molar-refractivity contribution in [2.45, 2.75) is 58.9 Å². The van der Waals surface area contributed by atoms with E-state index in [-0.39, 0.29) is 36.2 Å². The molecule has 0 spiro atoms. The van der Waals surface area contributed by atoms with Crippen LogP contribution >= 0.6 is 11.6 Å². The summed E-state index contributed by atoms with van der Waals surface area (Å²) in [6.45, 7) is 9.49. The smallest absolute Gasteiger partial charge is 0.221 e. The number of carbonyl (C=O) groups excluding carboxylic acids is 3. The molecule has 1 amide bonds. The second-order valence-electron chi connectivity index (χ2n) is 7.78. The Bertz CT molecular complexity index is 701. The highest BCUT2D eigenvalue weighted by Gasteiger charge is 2.44. The number of amides is 1. The molecule has 2 unspecified atom stereocenters. The van der Waals surface area contributed by atoms with Crippen molar-refractivity contribution in [3.63, 3.8) is 0 Å². The highest BCUT2D eigenvalue weighted by molar-refractivity contribution is 6.19. The van der Waals surface area contributed by atoms with Crippen LogP contribution in [0.15, 0.2) is 12.1 Å². The summed E-state index contributed by atoms with van der Waals surface area (Å²) in [5, 5.41) is 2.82. The molecule has 1 N–H and O–H groups in total. The van der Waals surface area contributed by atoms with Crippen molar-refractivity contribution < 1.29 is 14.4 Å². The van der Waals surface area contributed by atoms with Gasteiger partial charge in [-0.1, -0.05) is 17.7 Å². The van der Waals surface area contributed by atoms with Crippen LogP contribution in [-0.2, 0) is 14.4 Å². The van der Waals surface area contributed by atoms with Gasteiger partial charge in [0, 0.05) is 30.2 Å². The molecule has 5 heteroatoms. The van der Waals surface area contributed by atoms with Crippen LogP contribution in [0.3, 0.4) is 0 Å². The van der Waals surface area contributed by atoms with Gasteiger partial charge in [0.15, 0.2) is 5.78 Å². The van der Waals surface area contributed by atoms with Crippen LogP contribution in [0.5, 0.6) is 0 Å². The predicted octanol–water partition coefficient (Wildman–Crippen LogP) is 3.38. The molecule has 136 valence electrons. The Morgan fingerprint density at radius 3 is 2.28 bits per heavy atom. The Balaban J connectivity index is 2.20. The maximum absolute atomic E-state index is 12.8. The third-order valence-electron chi connectivity index (χ3n) is 4.73. The summed E-state index contributed by atoms with van der Waals surface area (Å²) >= 11 is 5.82. The molecular formula is C20H26ClNO3. The maximum atomic E-state index is 12.8. The largest absolute Gasteiger partial charge is 0.350 e. The molecule has 2 atom stereocenters. The van der Waals surface area contributed by atoms with Gasteiger partial charge in [-0.3, -0.25) is 14.4 Å². The maximum Gasteiger partial charge on any atom is 0.221 e. The minimum atomic E-state index is -0.737. The van der Waals surface area contributed by atoms with Gasteiger partial charge in [0.2, 0.25) is 5.91 Å². The SMILES string of the molecule is Cc1cc(C)c(C2C(=O)CC(CC(=O)NC(C)(C)CCl)C2=O)c(C)c1. The Kier molecular flexibility index (Phi) is 5.72. The molecule has 0 heterocycles. The van der Waals surface area contributed by atoms with E-state index in [1.54, 1.807) is 0 Å². The summed E-state index contributed by atoms with van der Waals surface area (Å²) in [6, 6.07) is 3.98. The molecule has 0 aliphatic heterocycles. The van der Waals surface area contributed by atoms with Crippen molar-refractivity contribution in [1.82, 2.24) is 5.32 Å². The normalized spacial score (nSPS) is 20.9. The molecule has 0 bridgehead atoms. The van der Waals surface area contributed by atoms with E-state index >= 15 is 0 Å². The van der Waals surface area contributed by atoms with Crippen LogP contribution in [0.2, 0.25) is 0 Å². The first-order chi connectivity index (χ1) is 11.6. The fourth-order valence-electron chi connectivity index (χ4n) is 3.66. The van der Waals surface area contributed by atoms with Gasteiger partial charge in [-0.15, -0.1) is 11.6 Å². The molecule has 1 aromatic rings. The monoisotopic (exact) mass is 363 g/mol. The predicted molar refractivity (Wildman–Crippen MR) is 99.1 cm³/mol. The lowest BCUT2D eigenvalue weighted by Gasteiger charge is -2.24. The summed E-state index contributed by atoms with van der Waals surface area (Å²) in [6.07, 6.45) is 0.163. The quantitative estimate of drug-likeness (QED) is 0.644. The highest BCUT2D eigenvalue weighted by atomic mass is 35.5. The van der Waals surface area contributed by atoms with Crippen LogP contribution in [0.25, 0.3) is 0 Å². The number of hydrogen-bond acceptors (Lipinski definition) is 3. The summed E-state index contributed by atoms with van der Waals surface area (Å²) in [4.78, 5) is 37.6. The zero-order valence-corrected chi connectivity index (χ0v) is 16.3. The summed E-state index contributed by atoms with van der Waals surface area (Å²) in [7, 11) is 0. The minimum Gasteiger partial charge on any atom is -0.350 e. The van der Waals surface area contributed by atoms with Crippen molar-refractivity contribution in [2.75, 3.05) is 5.88 Å². The van der Waals surface area contributed by atoms with Gasteiger partial charge in [-0.2, -0.15) is 0 Å². The van der Waals surface area contributed by atoms with E-state index in [9.17, 15) is 14.4 Å². The Hall–Kier alpha value is -1.68. The average molecular weight is 364 g/mol. The zero-order chi connectivity index (χ0) is 18.9. The Labute approximate surface area is 154 Å². The number of nitrogens with one attached hydrogen (secondary N) is 1. The lowest BCUT2D eigenvalue weighted by Crippen LogP contribution is -2.45. The van der Waals surface area contributed by atoms with Crippen LogP contribution < -0.4 is 5.32 Å². The number of Topliss-reactive ketones (excluding diaryl/α,β-unsaturated/α-hetero) is 2. The van der Waals surface area contributed by atoms with E-state index in [0.717, 1.165) is 22.3 Å². The van der Waals surface area contributed by atoms with E-state index in [2.05, 4.69) is 5.32 Å². The van der Waals surface area contributed by atoms with E-state index in [1.165, 1.54) is 0 Å². The summed E-state index contributed by atoms with van der Waals surface area (Å²) < 4.78 is 0. The zero-order valence-electron chi connectivity index (χ0n) is 15.5. The lowest BCUT2D eigenvalue weighted by molar-refractivity contribution is -0.129. The number of rotatable bonds is 5. The molecule has 0 saturated heterocycles. The van der Waals surface area contributed by atoms with Crippen molar-refractivity contribution in [3.05, 3.63) is 34.4 Å². The first-order valence-corrected chi connectivity index (χ1v) is 9.10. The molecule has 1 saturated carbocycles. The molecule has 1 fully saturated rings. The van der Waals surface area contributed by atoms with Crippen molar-refractivity contribution >= 4 is 29.1 Å². The number of hydrogen-bond donors (Lipinski definition) is 1. The summed E-state index contributed by atoms with van der Waals surface area (Å²) in [5.41, 5.74) is 3.30. The van der Waals surface area contributed by atoms with Gasteiger partial charge in [0.1, 0.15) is 11.7 Å². The third kappa shape index (κ3) is 4.30. The molecule has 0 aromatic heterocycles. The number of carbonyl (C=O) groups is 3. The van der Waals surface area contributed by atoms with Crippen molar-refractivity contribution in [1.29, 1.82) is 0 Å². The second kappa shape index (κ2) is 7.28. The van der Waals surface area contributed by atoms with Crippen molar-refractivity contribution in [3.8, 4) is 0 Å². The Morgan fingerprint density at radius 1 is 1.20 bits per heavy atom. The number of benzene rings is 1. The number of halogens is 1. The number of ketones is 2. The molecule has 1 aliphatic rings. The first-order valence-electron chi connectivity index (χ1n) is 8.57. The van der Waals surface area contributed by atoms with E-state index in [4.69, 9.17) is 11.6 Å². The van der Waals surface area contributed by atoms with Crippen LogP contribution in [0.1, 0.15) is 54.9 Å². The first kappa shape index (κ1) is 19.6. The molecule has 1 aromatic carbocycles. The topological polar surface area (TPSA) is 63.2 Å². The van der Waals surface area contributed by atoms with E-state index in [0.29, 0.717) is 0 Å². The Morgan fingerprint density at radius 2 is 1.76 bits per heavy atom. The summed E-state index contributed by atoms with van der Waals surface area (Å²) in [5.74, 6) is -1.48. The molecule has 0 radical (unpaired) electrons. The molecular weight excluding hydrogens is 338 g/mol. The second-order valence-corrected chi connectivity index (χ2v) is 8.05. The van der Waals surface area contributed by atoms with Crippen LogP contribution in [0, 0.1) is 26.7 Å². The van der Waals surface area contributed by atoms with Crippen LogP contribution in [0.4, 0.5) is 0 Å². The van der Waals surface area contributed by atoms with E-state index in [1.807, 2.05) is 46.8 Å². The van der Waals surface area contributed by atoms with Gasteiger partial charge in [-0.05, 0) is 51.3 Å². The van der Waals surface area contributed by atoms with Crippen LogP contribution in [-0.4, -0.2) is 28.9 Å². The van der Waals surface area contributed by atoms with Gasteiger partial charge >= 0.3 is 0 Å². The molecule has 25 heavy (non-hydrogen) atoms. The molecule has 4 nitrogen and oxygen atoms in total. The number of alkyl halides is 1. The van der Waals surface area contributed by atoms with E-state index < -0.39 is 17.4 Å². The van der Waals surface area contributed by atoms with Crippen molar-refractivity contribution in [2.24, 2.45) is 5.92 Å². The third-order valence-corrected chi connectivity index (χ3v) is 5.39. The fourth-order valence-corrected chi connectivity index (χ4v) is 3.73. The highest BCUT2D eigenvalue weighted by Crippen LogP contribution is 2.37. The standard InChI is InChI=1S/C20H26ClNO3/c1-11-6-12(2)17(13(3)7-11)18-15(23)8-14(19(18)25)9-16(24)22-20(4,5)10-21/h6-7,14,18H,8-10H2,1-5H3,(H,22,24). The van der Waals surface area contributed by atoms with Gasteiger partial charge < -0.3 is 5.32 Å². The minimum absolute atomic E-state index is 0.0331. The van der Waals surface area contributed by atoms with Gasteiger partial charge in [0.05, 0.1) is 0 Å².